The Morgan fingerprint density at radius 3 is 2.78 bits per heavy atom. The van der Waals surface area contributed by atoms with Crippen molar-refractivity contribution < 1.29 is 13.2 Å². The summed E-state index contributed by atoms with van der Waals surface area (Å²) in [7, 11) is -3.34. The predicted octanol–water partition coefficient (Wildman–Crippen LogP) is 2.59. The van der Waals surface area contributed by atoms with Crippen LogP contribution in [-0.4, -0.2) is 59.6 Å². The number of carbonyl (C=O) groups excluding carboxylic acids is 1. The zero-order valence-corrected chi connectivity index (χ0v) is 18.7. The van der Waals surface area contributed by atoms with Gasteiger partial charge in [0, 0.05) is 54.9 Å². The van der Waals surface area contributed by atoms with Crippen molar-refractivity contribution in [2.75, 3.05) is 24.7 Å². The largest absolute Gasteiger partial charge is 0.379 e. The molecule has 0 radical (unpaired) electrons. The fourth-order valence-electron chi connectivity index (χ4n) is 4.16. The van der Waals surface area contributed by atoms with Gasteiger partial charge in [0.15, 0.2) is 9.84 Å². The first-order chi connectivity index (χ1) is 15.3. The smallest absolute Gasteiger partial charge is 0.236 e. The molecule has 1 fully saturated rings. The molecule has 10 heteroatoms. The van der Waals surface area contributed by atoms with E-state index >= 15 is 0 Å². The Morgan fingerprint density at radius 2 is 2.09 bits per heavy atom. The molecule has 166 valence electrons. The van der Waals surface area contributed by atoms with Crippen LogP contribution in [0, 0.1) is 17.2 Å². The van der Waals surface area contributed by atoms with E-state index in [9.17, 15) is 13.2 Å². The molecule has 0 bridgehead atoms. The minimum atomic E-state index is -3.34. The number of rotatable bonds is 5. The third-order valence-electron chi connectivity index (χ3n) is 5.62. The maximum Gasteiger partial charge on any atom is 0.236 e. The number of H-pyrrole nitrogens is 1. The Morgan fingerprint density at radius 1 is 1.28 bits per heavy atom. The number of likely N-dealkylation sites (tertiary alicyclic amines) is 1. The molecule has 1 amide bonds. The van der Waals surface area contributed by atoms with Crippen LogP contribution >= 0.6 is 0 Å². The van der Waals surface area contributed by atoms with Gasteiger partial charge in [0.1, 0.15) is 12.1 Å². The number of anilines is 1. The maximum atomic E-state index is 12.3. The van der Waals surface area contributed by atoms with Gasteiger partial charge in [-0.2, -0.15) is 5.26 Å². The first kappa shape index (κ1) is 21.8. The summed E-state index contributed by atoms with van der Waals surface area (Å²) in [5.41, 5.74) is 2.87. The molecule has 0 aliphatic carbocycles. The number of hydrogen-bond donors (Lipinski definition) is 2. The third-order valence-corrected chi connectivity index (χ3v) is 6.72. The second-order valence-electron chi connectivity index (χ2n) is 8.25. The molecule has 0 aromatic carbocycles. The van der Waals surface area contributed by atoms with Crippen LogP contribution in [0.3, 0.4) is 0 Å². The predicted molar refractivity (Wildman–Crippen MR) is 120 cm³/mol. The molecule has 0 saturated carbocycles. The van der Waals surface area contributed by atoms with Gasteiger partial charge in [-0.1, -0.05) is 6.92 Å². The molecule has 4 heterocycles. The molecule has 1 aliphatic heterocycles. The van der Waals surface area contributed by atoms with Gasteiger partial charge < -0.3 is 15.2 Å². The summed E-state index contributed by atoms with van der Waals surface area (Å²) in [4.78, 5) is 26.2. The van der Waals surface area contributed by atoms with Crippen molar-refractivity contribution in [2.24, 2.45) is 5.92 Å². The zero-order valence-electron chi connectivity index (χ0n) is 17.9. The van der Waals surface area contributed by atoms with Crippen molar-refractivity contribution in [2.45, 2.75) is 30.7 Å². The Balaban J connectivity index is 1.70. The Labute approximate surface area is 186 Å². The lowest BCUT2D eigenvalue weighted by Gasteiger charge is -2.37. The molecule has 32 heavy (non-hydrogen) atoms. The Kier molecular flexibility index (Phi) is 5.84. The molecule has 1 aliphatic rings. The summed E-state index contributed by atoms with van der Waals surface area (Å²) in [6, 6.07) is 7.04. The van der Waals surface area contributed by atoms with Crippen LogP contribution in [0.25, 0.3) is 22.3 Å². The zero-order chi connectivity index (χ0) is 22.9. The van der Waals surface area contributed by atoms with Crippen molar-refractivity contribution in [1.82, 2.24) is 19.9 Å². The average molecular weight is 453 g/mol. The first-order valence-electron chi connectivity index (χ1n) is 10.3. The number of pyridine rings is 2. The van der Waals surface area contributed by atoms with E-state index in [1.807, 2.05) is 12.1 Å². The number of piperidine rings is 1. The van der Waals surface area contributed by atoms with E-state index in [0.29, 0.717) is 24.4 Å². The highest BCUT2D eigenvalue weighted by Crippen LogP contribution is 2.34. The maximum absolute atomic E-state index is 12.3. The normalized spacial score (nSPS) is 19.0. The van der Waals surface area contributed by atoms with E-state index in [2.05, 4.69) is 27.2 Å². The summed E-state index contributed by atoms with van der Waals surface area (Å²) < 4.78 is 23.6. The fourth-order valence-corrected chi connectivity index (χ4v) is 4.72. The molecule has 0 unspecified atom stereocenters. The second-order valence-corrected chi connectivity index (χ2v) is 10.3. The highest BCUT2D eigenvalue weighted by atomic mass is 32.2. The van der Waals surface area contributed by atoms with E-state index < -0.39 is 9.84 Å². The van der Waals surface area contributed by atoms with Crippen molar-refractivity contribution in [3.63, 3.8) is 0 Å². The Hall–Kier alpha value is -3.45. The number of aromatic amines is 1. The van der Waals surface area contributed by atoms with Crippen molar-refractivity contribution >= 4 is 32.5 Å². The van der Waals surface area contributed by atoms with Gasteiger partial charge in [0.25, 0.3) is 0 Å². The van der Waals surface area contributed by atoms with Crippen LogP contribution in [0.15, 0.2) is 41.7 Å². The van der Waals surface area contributed by atoms with Crippen LogP contribution in [0.4, 0.5) is 5.69 Å². The van der Waals surface area contributed by atoms with E-state index in [-0.39, 0.29) is 29.2 Å². The number of nitriles is 1. The minimum Gasteiger partial charge on any atom is -0.379 e. The first-order valence-corrected chi connectivity index (χ1v) is 12.2. The molecule has 0 spiro atoms. The van der Waals surface area contributed by atoms with Crippen LogP contribution in [0.5, 0.6) is 0 Å². The monoisotopic (exact) mass is 452 g/mol. The lowest BCUT2D eigenvalue weighted by molar-refractivity contribution is -0.132. The summed E-state index contributed by atoms with van der Waals surface area (Å²) in [5.74, 6) is 0.119. The number of fused-ring (bicyclic) bond motifs is 1. The highest BCUT2D eigenvalue weighted by Gasteiger charge is 2.28. The summed E-state index contributed by atoms with van der Waals surface area (Å²) in [6.45, 7) is 3.22. The number of carbonyl (C=O) groups is 1. The van der Waals surface area contributed by atoms with E-state index in [0.717, 1.165) is 29.3 Å². The number of hydrogen-bond acceptors (Lipinski definition) is 7. The molecule has 4 rings (SSSR count). The number of sulfone groups is 1. The molecule has 9 nitrogen and oxygen atoms in total. The van der Waals surface area contributed by atoms with Gasteiger partial charge in [0.2, 0.25) is 5.91 Å². The number of nitrogens with one attached hydrogen (secondary N) is 2. The Bertz CT molecular complexity index is 1290. The molecule has 2 atom stereocenters. The van der Waals surface area contributed by atoms with Gasteiger partial charge in [0.05, 0.1) is 22.3 Å². The topological polar surface area (TPSA) is 132 Å². The van der Waals surface area contributed by atoms with Crippen LogP contribution in [0.2, 0.25) is 0 Å². The lowest BCUT2D eigenvalue weighted by atomic mass is 9.95. The second kappa shape index (κ2) is 8.59. The number of amides is 1. The standard InChI is InChI=1S/C22H24N6O3S/c1-14-9-15(13-28(12-14)20(29)5-7-23)27-21-17-6-8-24-22(17)26-11-18(21)19-4-3-16(10-25-19)32(2,30)31/h3-4,6,8,10-11,14-15H,5,9,12-13H2,1-2H3,(H2,24,26,27)/t14-,15+/m0/s1. The summed E-state index contributed by atoms with van der Waals surface area (Å²) in [6.07, 6.45) is 6.74. The van der Waals surface area contributed by atoms with Gasteiger partial charge in [-0.25, -0.2) is 13.4 Å². The van der Waals surface area contributed by atoms with Crippen LogP contribution in [0.1, 0.15) is 19.8 Å². The lowest BCUT2D eigenvalue weighted by Crippen LogP contribution is -2.48. The SMILES string of the molecule is C[C@H]1C[C@@H](Nc2c(-c3ccc(S(C)(=O)=O)cn3)cnc3[nH]ccc23)CN(C(=O)CC#N)C1. The van der Waals surface area contributed by atoms with Crippen molar-refractivity contribution in [3.05, 3.63) is 36.8 Å². The van der Waals surface area contributed by atoms with Gasteiger partial charge in [-0.05, 0) is 30.5 Å². The van der Waals surface area contributed by atoms with Crippen molar-refractivity contribution in [1.29, 1.82) is 5.26 Å². The highest BCUT2D eigenvalue weighted by molar-refractivity contribution is 7.90. The summed E-state index contributed by atoms with van der Waals surface area (Å²) in [5, 5.41) is 13.4. The third kappa shape index (κ3) is 4.43. The molecule has 1 saturated heterocycles. The molecular formula is C22H24N6O3S. The summed E-state index contributed by atoms with van der Waals surface area (Å²) >= 11 is 0. The van der Waals surface area contributed by atoms with E-state index in [4.69, 9.17) is 5.26 Å². The average Bonchev–Trinajstić information content (AvgIpc) is 3.23. The van der Waals surface area contributed by atoms with Gasteiger partial charge in [-0.3, -0.25) is 9.78 Å². The quantitative estimate of drug-likeness (QED) is 0.608. The molecule has 2 N–H and O–H groups in total. The molecular weight excluding hydrogens is 428 g/mol. The minimum absolute atomic E-state index is 0.0177. The van der Waals surface area contributed by atoms with E-state index in [1.165, 1.54) is 12.3 Å². The van der Waals surface area contributed by atoms with E-state index in [1.54, 1.807) is 23.4 Å². The number of nitrogens with zero attached hydrogens (tertiary/aromatic N) is 4. The molecule has 3 aromatic rings. The number of aromatic nitrogens is 3. The van der Waals surface area contributed by atoms with Gasteiger partial charge in [-0.15, -0.1) is 0 Å². The van der Waals surface area contributed by atoms with Crippen molar-refractivity contribution in [3.8, 4) is 17.3 Å². The molecule has 3 aromatic heterocycles. The van der Waals surface area contributed by atoms with Crippen LogP contribution in [-0.2, 0) is 14.6 Å². The fraction of sp³-hybridized carbons (Fsp3) is 0.364. The van der Waals surface area contributed by atoms with Gasteiger partial charge >= 0.3 is 0 Å². The van der Waals surface area contributed by atoms with Crippen LogP contribution < -0.4 is 5.32 Å².